The Morgan fingerprint density at radius 2 is 1.89 bits per heavy atom. The van der Waals surface area contributed by atoms with Crippen LogP contribution in [0, 0.1) is 5.82 Å². The van der Waals surface area contributed by atoms with Gasteiger partial charge in [0.2, 0.25) is 0 Å². The number of pyridine rings is 1. The van der Waals surface area contributed by atoms with Gasteiger partial charge in [-0.3, -0.25) is 0 Å². The molecule has 1 aromatic carbocycles. The number of nitrogens with one attached hydrogen (secondary N) is 1. The lowest BCUT2D eigenvalue weighted by atomic mass is 10.1. The summed E-state index contributed by atoms with van der Waals surface area (Å²) in [6.45, 7) is 0. The number of carboxylic acid groups (broad SMARTS) is 1. The lowest BCUT2D eigenvalue weighted by Crippen LogP contribution is -2.05. The maximum atomic E-state index is 12.8. The average molecular weight is 246 g/mol. The molecule has 2 aromatic rings. The summed E-state index contributed by atoms with van der Waals surface area (Å²) in [7, 11) is 1.60. The minimum atomic E-state index is -1.04. The van der Waals surface area contributed by atoms with Gasteiger partial charge in [0.1, 0.15) is 17.2 Å². The molecule has 0 aliphatic rings. The molecule has 2 N–H and O–H groups in total. The molecular weight excluding hydrogens is 235 g/mol. The van der Waals surface area contributed by atoms with E-state index >= 15 is 0 Å². The number of halogens is 1. The van der Waals surface area contributed by atoms with E-state index in [1.807, 2.05) is 0 Å². The van der Waals surface area contributed by atoms with Gasteiger partial charge in [-0.1, -0.05) is 0 Å². The number of aromatic nitrogens is 1. The van der Waals surface area contributed by atoms with Crippen LogP contribution in [-0.4, -0.2) is 23.1 Å². The van der Waals surface area contributed by atoms with Gasteiger partial charge in [0.25, 0.3) is 0 Å². The Labute approximate surface area is 103 Å². The molecule has 0 amide bonds. The number of aromatic carboxylic acids is 1. The van der Waals surface area contributed by atoms with E-state index in [4.69, 9.17) is 5.11 Å². The molecule has 4 nitrogen and oxygen atoms in total. The molecule has 0 radical (unpaired) electrons. The number of benzene rings is 1. The maximum absolute atomic E-state index is 12.8. The van der Waals surface area contributed by atoms with Gasteiger partial charge in [0, 0.05) is 12.6 Å². The molecule has 0 bridgehead atoms. The molecule has 0 aliphatic heterocycles. The summed E-state index contributed by atoms with van der Waals surface area (Å²) in [5.74, 6) is -1.09. The largest absolute Gasteiger partial charge is 0.478 e. The molecule has 5 heteroatoms. The second-order valence-corrected chi connectivity index (χ2v) is 3.65. The second kappa shape index (κ2) is 4.83. The van der Waals surface area contributed by atoms with E-state index in [2.05, 4.69) is 10.3 Å². The molecule has 0 fully saturated rings. The van der Waals surface area contributed by atoms with Crippen LogP contribution in [-0.2, 0) is 0 Å². The first-order chi connectivity index (χ1) is 8.61. The molecule has 2 rings (SSSR count). The van der Waals surface area contributed by atoms with Gasteiger partial charge in [-0.25, -0.2) is 14.2 Å². The third kappa shape index (κ3) is 2.29. The van der Waals surface area contributed by atoms with Crippen LogP contribution in [0.3, 0.4) is 0 Å². The van der Waals surface area contributed by atoms with Crippen molar-refractivity contribution in [1.82, 2.24) is 4.98 Å². The highest BCUT2D eigenvalue weighted by atomic mass is 19.1. The van der Waals surface area contributed by atoms with Gasteiger partial charge in [0.05, 0.1) is 5.69 Å². The van der Waals surface area contributed by atoms with Crippen LogP contribution in [0.2, 0.25) is 0 Å². The van der Waals surface area contributed by atoms with Gasteiger partial charge in [0.15, 0.2) is 0 Å². The van der Waals surface area contributed by atoms with Crippen molar-refractivity contribution in [3.8, 4) is 11.3 Å². The lowest BCUT2D eigenvalue weighted by molar-refractivity contribution is 0.0697. The zero-order valence-electron chi connectivity index (χ0n) is 9.64. The monoisotopic (exact) mass is 246 g/mol. The average Bonchev–Trinajstić information content (AvgIpc) is 2.38. The van der Waals surface area contributed by atoms with Crippen LogP contribution < -0.4 is 5.32 Å². The van der Waals surface area contributed by atoms with Crippen molar-refractivity contribution in [2.24, 2.45) is 0 Å². The normalized spacial score (nSPS) is 10.1. The van der Waals surface area contributed by atoms with E-state index in [0.29, 0.717) is 5.69 Å². The summed E-state index contributed by atoms with van der Waals surface area (Å²) in [5, 5.41) is 11.7. The van der Waals surface area contributed by atoms with E-state index in [0.717, 1.165) is 5.56 Å². The Balaban J connectivity index is 2.47. The van der Waals surface area contributed by atoms with Crippen LogP contribution in [0.25, 0.3) is 11.3 Å². The molecule has 18 heavy (non-hydrogen) atoms. The number of rotatable bonds is 3. The summed E-state index contributed by atoms with van der Waals surface area (Å²) < 4.78 is 12.8. The Hall–Kier alpha value is -2.43. The van der Waals surface area contributed by atoms with Crippen molar-refractivity contribution in [2.75, 3.05) is 12.4 Å². The van der Waals surface area contributed by atoms with E-state index in [9.17, 15) is 9.18 Å². The highest BCUT2D eigenvalue weighted by Gasteiger charge is 2.11. The highest BCUT2D eigenvalue weighted by molar-refractivity contribution is 5.93. The molecule has 0 saturated heterocycles. The SMILES string of the molecule is CNc1nc(-c2ccc(F)cc2)ccc1C(=O)O. The van der Waals surface area contributed by atoms with Crippen molar-refractivity contribution in [3.05, 3.63) is 47.8 Å². The summed E-state index contributed by atoms with van der Waals surface area (Å²) in [6, 6.07) is 8.93. The molecule has 0 atom stereocenters. The van der Waals surface area contributed by atoms with Gasteiger partial charge in [-0.2, -0.15) is 0 Å². The number of carbonyl (C=O) groups is 1. The zero-order valence-corrected chi connectivity index (χ0v) is 9.64. The van der Waals surface area contributed by atoms with E-state index in [-0.39, 0.29) is 17.2 Å². The van der Waals surface area contributed by atoms with Gasteiger partial charge in [-0.05, 0) is 36.4 Å². The topological polar surface area (TPSA) is 62.2 Å². The second-order valence-electron chi connectivity index (χ2n) is 3.65. The van der Waals surface area contributed by atoms with Crippen LogP contribution in [0.15, 0.2) is 36.4 Å². The predicted octanol–water partition coefficient (Wildman–Crippen LogP) is 2.63. The van der Waals surface area contributed by atoms with Crippen molar-refractivity contribution in [3.63, 3.8) is 0 Å². The first kappa shape index (κ1) is 12.0. The predicted molar refractivity (Wildman–Crippen MR) is 66.1 cm³/mol. The molecule has 0 unspecified atom stereocenters. The number of nitrogens with zero attached hydrogens (tertiary/aromatic N) is 1. The highest BCUT2D eigenvalue weighted by Crippen LogP contribution is 2.21. The van der Waals surface area contributed by atoms with Gasteiger partial charge in [-0.15, -0.1) is 0 Å². The van der Waals surface area contributed by atoms with Gasteiger partial charge >= 0.3 is 5.97 Å². The molecule has 1 aromatic heterocycles. The maximum Gasteiger partial charge on any atom is 0.339 e. The van der Waals surface area contributed by atoms with E-state index in [1.54, 1.807) is 25.2 Å². The Morgan fingerprint density at radius 3 is 2.44 bits per heavy atom. The van der Waals surface area contributed by atoms with Crippen molar-refractivity contribution < 1.29 is 14.3 Å². The summed E-state index contributed by atoms with van der Waals surface area (Å²) >= 11 is 0. The fourth-order valence-electron chi connectivity index (χ4n) is 1.60. The molecule has 0 spiro atoms. The number of carboxylic acids is 1. The van der Waals surface area contributed by atoms with Crippen molar-refractivity contribution in [1.29, 1.82) is 0 Å². The number of hydrogen-bond acceptors (Lipinski definition) is 3. The molecule has 92 valence electrons. The van der Waals surface area contributed by atoms with Crippen LogP contribution >= 0.6 is 0 Å². The summed E-state index contributed by atoms with van der Waals surface area (Å²) in [4.78, 5) is 15.1. The number of anilines is 1. The quantitative estimate of drug-likeness (QED) is 0.873. The molecule has 1 heterocycles. The molecule has 0 aliphatic carbocycles. The fraction of sp³-hybridized carbons (Fsp3) is 0.0769. The standard InChI is InChI=1S/C13H11FN2O2/c1-15-12-10(13(17)18)6-7-11(16-12)8-2-4-9(14)5-3-8/h2-7H,1H3,(H,15,16)(H,17,18). The fourth-order valence-corrected chi connectivity index (χ4v) is 1.60. The zero-order chi connectivity index (χ0) is 13.1. The molecule has 0 saturated carbocycles. The van der Waals surface area contributed by atoms with Crippen LogP contribution in [0.4, 0.5) is 10.2 Å². The van der Waals surface area contributed by atoms with Crippen molar-refractivity contribution in [2.45, 2.75) is 0 Å². The first-order valence-electron chi connectivity index (χ1n) is 5.30. The van der Waals surface area contributed by atoms with E-state index < -0.39 is 5.97 Å². The first-order valence-corrected chi connectivity index (χ1v) is 5.30. The van der Waals surface area contributed by atoms with E-state index in [1.165, 1.54) is 18.2 Å². The summed E-state index contributed by atoms with van der Waals surface area (Å²) in [6.07, 6.45) is 0. The Morgan fingerprint density at radius 1 is 1.22 bits per heavy atom. The van der Waals surface area contributed by atoms with Crippen molar-refractivity contribution >= 4 is 11.8 Å². The molecular formula is C13H11FN2O2. The Bertz CT molecular complexity index is 582. The van der Waals surface area contributed by atoms with Crippen LogP contribution in [0.1, 0.15) is 10.4 Å². The van der Waals surface area contributed by atoms with Crippen LogP contribution in [0.5, 0.6) is 0 Å². The summed E-state index contributed by atoms with van der Waals surface area (Å²) in [5.41, 5.74) is 1.41. The smallest absolute Gasteiger partial charge is 0.339 e. The third-order valence-corrected chi connectivity index (χ3v) is 2.50. The lowest BCUT2D eigenvalue weighted by Gasteiger charge is -2.07. The third-order valence-electron chi connectivity index (χ3n) is 2.50. The Kier molecular flexibility index (Phi) is 3.23. The van der Waals surface area contributed by atoms with Gasteiger partial charge < -0.3 is 10.4 Å². The minimum absolute atomic E-state index is 0.100. The number of hydrogen-bond donors (Lipinski definition) is 2. The minimum Gasteiger partial charge on any atom is -0.478 e.